The van der Waals surface area contributed by atoms with Gasteiger partial charge in [0.15, 0.2) is 0 Å². The highest BCUT2D eigenvalue weighted by Crippen LogP contribution is 2.33. The number of benzene rings is 2. The molecule has 0 bridgehead atoms. The third-order valence-electron chi connectivity index (χ3n) is 7.19. The van der Waals surface area contributed by atoms with Crippen molar-refractivity contribution in [2.75, 3.05) is 13.1 Å². The summed E-state index contributed by atoms with van der Waals surface area (Å²) in [7, 11) is 1.68. The van der Waals surface area contributed by atoms with Gasteiger partial charge in [0.2, 0.25) is 11.8 Å². The van der Waals surface area contributed by atoms with Gasteiger partial charge in [0, 0.05) is 44.9 Å². The van der Waals surface area contributed by atoms with E-state index in [1.165, 1.54) is 4.68 Å². The zero-order chi connectivity index (χ0) is 26.0. The molecule has 1 atom stereocenters. The largest absolute Gasteiger partial charge is 0.336 e. The van der Waals surface area contributed by atoms with E-state index in [2.05, 4.69) is 11.2 Å². The van der Waals surface area contributed by atoms with Crippen molar-refractivity contribution < 1.29 is 9.59 Å². The third-order valence-corrected chi connectivity index (χ3v) is 7.19. The van der Waals surface area contributed by atoms with Crippen molar-refractivity contribution in [3.63, 3.8) is 0 Å². The van der Waals surface area contributed by atoms with Gasteiger partial charge < -0.3 is 9.80 Å². The number of nitrogens with one attached hydrogen (secondary N) is 1. The van der Waals surface area contributed by atoms with E-state index in [1.807, 2.05) is 69.0 Å². The minimum Gasteiger partial charge on any atom is -0.336 e. The fraction of sp³-hybridized carbons (Fsp3) is 0.414. The van der Waals surface area contributed by atoms with Gasteiger partial charge in [-0.3, -0.25) is 24.2 Å². The molecule has 1 N–H and O–H groups in total. The molecule has 1 aliphatic rings. The predicted molar refractivity (Wildman–Crippen MR) is 141 cm³/mol. The molecule has 190 valence electrons. The second-order valence-electron chi connectivity index (χ2n) is 10.4. The third kappa shape index (κ3) is 5.45. The molecule has 7 nitrogen and oxygen atoms in total. The first kappa shape index (κ1) is 25.5. The van der Waals surface area contributed by atoms with Crippen LogP contribution in [0, 0.1) is 20.8 Å². The standard InChI is InChI=1S/C29H36N4O3/c1-20-6-8-23(9-7-20)19-32(12-10-25-18-26(34)31(5)30-25)28(36)29(4)11-13-33(29)27(35)17-24-15-21(2)14-22(3)16-24/h6-9,14-16,18,30H,10-13,17,19H2,1-5H3. The molecule has 0 radical (unpaired) electrons. The second-order valence-corrected chi connectivity index (χ2v) is 10.4. The normalized spacial score (nSPS) is 17.1. The number of carbonyl (C=O) groups excluding carboxylic acids is 2. The Bertz CT molecular complexity index is 1300. The number of amides is 2. The van der Waals surface area contributed by atoms with E-state index < -0.39 is 5.54 Å². The van der Waals surface area contributed by atoms with E-state index in [0.717, 1.165) is 33.5 Å². The van der Waals surface area contributed by atoms with Crippen LogP contribution >= 0.6 is 0 Å². The summed E-state index contributed by atoms with van der Waals surface area (Å²) in [4.78, 5) is 42.7. The lowest BCUT2D eigenvalue weighted by Crippen LogP contribution is -2.68. The molecule has 1 aliphatic heterocycles. The van der Waals surface area contributed by atoms with Gasteiger partial charge in [-0.15, -0.1) is 0 Å². The Balaban J connectivity index is 1.53. The highest BCUT2D eigenvalue weighted by Gasteiger charge is 2.50. The maximum atomic E-state index is 13.9. The molecule has 3 aromatic rings. The van der Waals surface area contributed by atoms with Crippen molar-refractivity contribution in [1.29, 1.82) is 0 Å². The van der Waals surface area contributed by atoms with Gasteiger partial charge in [0.05, 0.1) is 6.42 Å². The summed E-state index contributed by atoms with van der Waals surface area (Å²) in [5, 5.41) is 3.04. The van der Waals surface area contributed by atoms with Gasteiger partial charge in [-0.05, 0) is 45.2 Å². The molecule has 0 spiro atoms. The number of carbonyl (C=O) groups is 2. The van der Waals surface area contributed by atoms with E-state index in [4.69, 9.17) is 0 Å². The van der Waals surface area contributed by atoms with Gasteiger partial charge in [0.25, 0.3) is 5.56 Å². The molecule has 1 aromatic heterocycles. The van der Waals surface area contributed by atoms with Crippen molar-refractivity contribution in [2.24, 2.45) is 7.05 Å². The van der Waals surface area contributed by atoms with Crippen LogP contribution in [-0.2, 0) is 36.0 Å². The molecule has 0 saturated carbocycles. The van der Waals surface area contributed by atoms with Crippen molar-refractivity contribution in [3.8, 4) is 0 Å². The molecule has 1 saturated heterocycles. The highest BCUT2D eigenvalue weighted by atomic mass is 16.2. The highest BCUT2D eigenvalue weighted by molar-refractivity contribution is 5.93. The zero-order valence-electron chi connectivity index (χ0n) is 21.9. The fourth-order valence-electron chi connectivity index (χ4n) is 5.06. The maximum absolute atomic E-state index is 13.9. The molecule has 2 amide bonds. The summed E-state index contributed by atoms with van der Waals surface area (Å²) in [6, 6.07) is 15.9. The smallest absolute Gasteiger partial charge is 0.266 e. The predicted octanol–water partition coefficient (Wildman–Crippen LogP) is 3.44. The number of hydrogen-bond acceptors (Lipinski definition) is 3. The fourth-order valence-corrected chi connectivity index (χ4v) is 5.06. The number of likely N-dealkylation sites (tertiary alicyclic amines) is 1. The molecule has 36 heavy (non-hydrogen) atoms. The van der Waals surface area contributed by atoms with Crippen LogP contribution < -0.4 is 5.56 Å². The first-order chi connectivity index (χ1) is 17.0. The van der Waals surface area contributed by atoms with Crippen LogP contribution in [0.2, 0.25) is 0 Å². The van der Waals surface area contributed by atoms with Crippen molar-refractivity contribution in [1.82, 2.24) is 19.6 Å². The van der Waals surface area contributed by atoms with Gasteiger partial charge in [0.1, 0.15) is 5.54 Å². The Morgan fingerprint density at radius 1 is 0.972 bits per heavy atom. The number of aromatic nitrogens is 2. The maximum Gasteiger partial charge on any atom is 0.266 e. The van der Waals surface area contributed by atoms with Gasteiger partial charge in [-0.25, -0.2) is 0 Å². The number of nitrogens with zero attached hydrogens (tertiary/aromatic N) is 3. The number of hydrogen-bond donors (Lipinski definition) is 1. The first-order valence-electron chi connectivity index (χ1n) is 12.5. The van der Waals surface area contributed by atoms with Crippen molar-refractivity contribution in [3.05, 3.63) is 92.4 Å². The van der Waals surface area contributed by atoms with Crippen molar-refractivity contribution >= 4 is 11.8 Å². The Hall–Kier alpha value is -3.61. The number of aromatic amines is 1. The summed E-state index contributed by atoms with van der Waals surface area (Å²) in [6.07, 6.45) is 1.45. The minimum atomic E-state index is -0.870. The summed E-state index contributed by atoms with van der Waals surface area (Å²) in [5.74, 6) is -0.0776. The SMILES string of the molecule is Cc1ccc(CN(CCc2cc(=O)n(C)[nH]2)C(=O)C2(C)CCN2C(=O)Cc2cc(C)cc(C)c2)cc1. The van der Waals surface area contributed by atoms with Crippen molar-refractivity contribution in [2.45, 2.75) is 59.0 Å². The lowest BCUT2D eigenvalue weighted by Gasteiger charge is -2.51. The number of H-pyrrole nitrogens is 1. The number of rotatable bonds is 8. The Morgan fingerprint density at radius 3 is 2.19 bits per heavy atom. The van der Waals surface area contributed by atoms with E-state index in [9.17, 15) is 14.4 Å². The molecule has 4 rings (SSSR count). The zero-order valence-corrected chi connectivity index (χ0v) is 21.9. The van der Waals surface area contributed by atoms with E-state index in [-0.39, 0.29) is 23.8 Å². The first-order valence-corrected chi connectivity index (χ1v) is 12.5. The monoisotopic (exact) mass is 488 g/mol. The summed E-state index contributed by atoms with van der Waals surface area (Å²) >= 11 is 0. The quantitative estimate of drug-likeness (QED) is 0.528. The summed E-state index contributed by atoms with van der Waals surface area (Å²) in [5.41, 5.74) is 5.24. The molecule has 1 fully saturated rings. The van der Waals surface area contributed by atoms with E-state index >= 15 is 0 Å². The summed E-state index contributed by atoms with van der Waals surface area (Å²) in [6.45, 7) is 9.45. The molecular weight excluding hydrogens is 452 g/mol. The molecule has 2 aromatic carbocycles. The average molecular weight is 489 g/mol. The molecule has 1 unspecified atom stereocenters. The van der Waals surface area contributed by atoms with Gasteiger partial charge in [-0.2, -0.15) is 0 Å². The Kier molecular flexibility index (Phi) is 7.20. The van der Waals surface area contributed by atoms with Crippen LogP contribution in [0.1, 0.15) is 46.9 Å². The minimum absolute atomic E-state index is 0.0234. The second kappa shape index (κ2) is 10.2. The topological polar surface area (TPSA) is 78.4 Å². The van der Waals surface area contributed by atoms with Crippen LogP contribution in [0.3, 0.4) is 0 Å². The lowest BCUT2D eigenvalue weighted by atomic mass is 9.84. The van der Waals surface area contributed by atoms with Crippen LogP contribution in [-0.4, -0.2) is 50.0 Å². The lowest BCUT2D eigenvalue weighted by molar-refractivity contribution is -0.164. The Morgan fingerprint density at radius 2 is 1.64 bits per heavy atom. The summed E-state index contributed by atoms with van der Waals surface area (Å²) < 4.78 is 1.43. The van der Waals surface area contributed by atoms with E-state index in [1.54, 1.807) is 18.0 Å². The van der Waals surface area contributed by atoms with E-state index in [0.29, 0.717) is 32.5 Å². The average Bonchev–Trinajstić information content (AvgIpc) is 3.12. The van der Waals surface area contributed by atoms with Crippen LogP contribution in [0.4, 0.5) is 0 Å². The number of aryl methyl sites for hydroxylation is 4. The molecule has 7 heteroatoms. The Labute approximate surface area is 212 Å². The van der Waals surface area contributed by atoms with Crippen LogP contribution in [0.25, 0.3) is 0 Å². The van der Waals surface area contributed by atoms with Crippen LogP contribution in [0.5, 0.6) is 0 Å². The molecule has 2 heterocycles. The molecular formula is C29H36N4O3. The van der Waals surface area contributed by atoms with Crippen LogP contribution in [0.15, 0.2) is 53.3 Å². The van der Waals surface area contributed by atoms with Gasteiger partial charge in [-0.1, -0.05) is 59.2 Å². The molecule has 0 aliphatic carbocycles. The van der Waals surface area contributed by atoms with Gasteiger partial charge >= 0.3 is 0 Å².